The lowest BCUT2D eigenvalue weighted by Gasteiger charge is -2.36. The molecule has 3 aromatic rings. The first-order valence-electron chi connectivity index (χ1n) is 12.0. The van der Waals surface area contributed by atoms with E-state index in [-0.39, 0.29) is 23.3 Å². The third kappa shape index (κ3) is 6.78. The molecule has 1 aliphatic heterocycles. The Morgan fingerprint density at radius 3 is 2.14 bits per heavy atom. The van der Waals surface area contributed by atoms with Crippen molar-refractivity contribution in [3.63, 3.8) is 0 Å². The van der Waals surface area contributed by atoms with Crippen molar-refractivity contribution in [1.29, 1.82) is 0 Å². The molecule has 194 valence electrons. The molecule has 2 heterocycles. The summed E-state index contributed by atoms with van der Waals surface area (Å²) in [7, 11) is 2.09. The first-order valence-corrected chi connectivity index (χ1v) is 12.0. The molecule has 4 rings (SSSR count). The maximum absolute atomic E-state index is 13.1. The van der Waals surface area contributed by atoms with Gasteiger partial charge in [-0.15, -0.1) is 0 Å². The van der Waals surface area contributed by atoms with Crippen molar-refractivity contribution in [3.05, 3.63) is 77.6 Å². The minimum atomic E-state index is -0.540. The molecular weight excluding hydrogens is 477 g/mol. The van der Waals surface area contributed by atoms with Crippen LogP contribution in [-0.4, -0.2) is 83.3 Å². The predicted octanol–water partition coefficient (Wildman–Crippen LogP) is 2.42. The van der Waals surface area contributed by atoms with Crippen molar-refractivity contribution in [2.24, 2.45) is 0 Å². The normalized spacial score (nSPS) is 15.1. The number of imidazole rings is 1. The Labute approximate surface area is 214 Å². The fraction of sp³-hybridized carbons (Fsp3) is 0.308. The molecule has 4 N–H and O–H groups in total. The zero-order valence-corrected chi connectivity index (χ0v) is 20.8. The lowest BCUT2D eigenvalue weighted by molar-refractivity contribution is 0.0891. The van der Waals surface area contributed by atoms with Gasteiger partial charge in [-0.3, -0.25) is 19.3 Å². The molecule has 1 unspecified atom stereocenters. The van der Waals surface area contributed by atoms with E-state index in [1.807, 2.05) is 0 Å². The summed E-state index contributed by atoms with van der Waals surface area (Å²) in [6, 6.07) is 11.8. The van der Waals surface area contributed by atoms with Crippen LogP contribution < -0.4 is 16.0 Å². The third-order valence-corrected chi connectivity index (χ3v) is 6.31. The third-order valence-electron chi connectivity index (χ3n) is 6.31. The highest BCUT2D eigenvalue weighted by molar-refractivity contribution is 6.10. The summed E-state index contributed by atoms with van der Waals surface area (Å²) in [4.78, 5) is 49.2. The van der Waals surface area contributed by atoms with E-state index < -0.39 is 17.6 Å². The van der Waals surface area contributed by atoms with Gasteiger partial charge in [0.25, 0.3) is 17.7 Å². The molecule has 2 aromatic carbocycles. The highest BCUT2D eigenvalue weighted by Gasteiger charge is 2.23. The average Bonchev–Trinajstić information content (AvgIpc) is 3.39. The number of nitrogens with one attached hydrogen (secondary N) is 4. The number of aromatic amines is 1. The number of benzene rings is 2. The van der Waals surface area contributed by atoms with Crippen molar-refractivity contribution in [2.75, 3.05) is 50.4 Å². The number of halogens is 1. The molecule has 0 spiro atoms. The van der Waals surface area contributed by atoms with Gasteiger partial charge in [0.2, 0.25) is 0 Å². The molecule has 1 aromatic heterocycles. The summed E-state index contributed by atoms with van der Waals surface area (Å²) in [6.45, 7) is 6.39. The number of carbonyl (C=O) groups is 3. The highest BCUT2D eigenvalue weighted by Crippen LogP contribution is 2.16. The molecule has 0 radical (unpaired) electrons. The second-order valence-electron chi connectivity index (χ2n) is 9.02. The Kier molecular flexibility index (Phi) is 8.26. The van der Waals surface area contributed by atoms with Crippen molar-refractivity contribution in [3.8, 4) is 0 Å². The van der Waals surface area contributed by atoms with Gasteiger partial charge in [-0.25, -0.2) is 9.37 Å². The zero-order chi connectivity index (χ0) is 26.4. The number of anilines is 2. The molecular formula is C26H30FN7O3. The maximum atomic E-state index is 13.1. The Bertz CT molecular complexity index is 1240. The van der Waals surface area contributed by atoms with Gasteiger partial charge >= 0.3 is 0 Å². The summed E-state index contributed by atoms with van der Waals surface area (Å²) in [5, 5.41) is 8.31. The summed E-state index contributed by atoms with van der Waals surface area (Å²) in [6.07, 6.45) is 1.31. The predicted molar refractivity (Wildman–Crippen MR) is 138 cm³/mol. The SMILES string of the molecule is CC(CNC(=O)c1[nH]cnc1C(=O)Nc1ccc(NC(=O)c2ccc(F)cc2)cc1)N1CCN(C)CC1. The van der Waals surface area contributed by atoms with Gasteiger partial charge in [0, 0.05) is 55.7 Å². The monoisotopic (exact) mass is 507 g/mol. The van der Waals surface area contributed by atoms with Crippen molar-refractivity contribution in [1.82, 2.24) is 25.1 Å². The van der Waals surface area contributed by atoms with Crippen LogP contribution in [0.2, 0.25) is 0 Å². The van der Waals surface area contributed by atoms with Crippen LogP contribution in [0.5, 0.6) is 0 Å². The van der Waals surface area contributed by atoms with Crippen molar-refractivity contribution >= 4 is 29.1 Å². The molecule has 1 saturated heterocycles. The van der Waals surface area contributed by atoms with E-state index in [4.69, 9.17) is 0 Å². The summed E-state index contributed by atoms with van der Waals surface area (Å²) < 4.78 is 13.1. The van der Waals surface area contributed by atoms with Crippen LogP contribution in [-0.2, 0) is 0 Å². The van der Waals surface area contributed by atoms with Gasteiger partial charge in [-0.2, -0.15) is 0 Å². The zero-order valence-electron chi connectivity index (χ0n) is 20.8. The number of carbonyl (C=O) groups excluding carboxylic acids is 3. The van der Waals surface area contributed by atoms with Crippen LogP contribution in [0.25, 0.3) is 0 Å². The first kappa shape index (κ1) is 26.0. The van der Waals surface area contributed by atoms with Crippen LogP contribution in [0, 0.1) is 5.82 Å². The molecule has 1 fully saturated rings. The van der Waals surface area contributed by atoms with E-state index in [2.05, 4.69) is 49.7 Å². The highest BCUT2D eigenvalue weighted by atomic mass is 19.1. The number of amides is 3. The molecule has 0 aliphatic carbocycles. The Morgan fingerprint density at radius 2 is 1.51 bits per heavy atom. The molecule has 1 aliphatic rings. The first-order chi connectivity index (χ1) is 17.8. The minimum absolute atomic E-state index is 0.0153. The van der Waals surface area contributed by atoms with Gasteiger partial charge < -0.3 is 25.8 Å². The number of H-pyrrole nitrogens is 1. The minimum Gasteiger partial charge on any atom is -0.349 e. The summed E-state index contributed by atoms with van der Waals surface area (Å²) in [5.74, 6) is -1.75. The van der Waals surface area contributed by atoms with E-state index in [0.717, 1.165) is 26.2 Å². The van der Waals surface area contributed by atoms with Gasteiger partial charge in [0.15, 0.2) is 5.69 Å². The molecule has 0 saturated carbocycles. The second-order valence-corrected chi connectivity index (χ2v) is 9.02. The molecule has 37 heavy (non-hydrogen) atoms. The molecule has 1 atom stereocenters. The van der Waals surface area contributed by atoms with Gasteiger partial charge in [0.05, 0.1) is 6.33 Å². The van der Waals surface area contributed by atoms with E-state index in [9.17, 15) is 18.8 Å². The Hall–Kier alpha value is -4.09. The maximum Gasteiger partial charge on any atom is 0.276 e. The quantitative estimate of drug-likeness (QED) is 0.372. The number of hydrogen-bond donors (Lipinski definition) is 4. The number of nitrogens with zero attached hydrogens (tertiary/aromatic N) is 3. The number of aromatic nitrogens is 2. The van der Waals surface area contributed by atoms with Crippen LogP contribution in [0.4, 0.5) is 15.8 Å². The van der Waals surface area contributed by atoms with Crippen molar-refractivity contribution < 1.29 is 18.8 Å². The van der Waals surface area contributed by atoms with Gasteiger partial charge in [-0.1, -0.05) is 0 Å². The fourth-order valence-corrected chi connectivity index (χ4v) is 3.99. The Balaban J connectivity index is 1.30. The largest absolute Gasteiger partial charge is 0.349 e. The molecule has 11 heteroatoms. The molecule has 0 bridgehead atoms. The number of hydrogen-bond acceptors (Lipinski definition) is 6. The average molecular weight is 508 g/mol. The number of piperazine rings is 1. The molecule has 10 nitrogen and oxygen atoms in total. The topological polar surface area (TPSA) is 122 Å². The fourth-order valence-electron chi connectivity index (χ4n) is 3.99. The van der Waals surface area contributed by atoms with E-state index in [1.165, 1.54) is 30.6 Å². The van der Waals surface area contributed by atoms with Crippen LogP contribution >= 0.6 is 0 Å². The number of rotatable bonds is 8. The second kappa shape index (κ2) is 11.8. The van der Waals surface area contributed by atoms with E-state index >= 15 is 0 Å². The van der Waals surface area contributed by atoms with Crippen molar-refractivity contribution in [2.45, 2.75) is 13.0 Å². The van der Waals surface area contributed by atoms with Gasteiger partial charge in [0.1, 0.15) is 11.5 Å². The van der Waals surface area contributed by atoms with Crippen LogP contribution in [0.3, 0.4) is 0 Å². The summed E-state index contributed by atoms with van der Waals surface area (Å²) in [5.41, 5.74) is 1.36. The van der Waals surface area contributed by atoms with Crippen LogP contribution in [0.15, 0.2) is 54.9 Å². The van der Waals surface area contributed by atoms with E-state index in [1.54, 1.807) is 24.3 Å². The lowest BCUT2D eigenvalue weighted by Crippen LogP contribution is -2.51. The van der Waals surface area contributed by atoms with E-state index in [0.29, 0.717) is 23.5 Å². The number of likely N-dealkylation sites (N-methyl/N-ethyl adjacent to an activating group) is 1. The van der Waals surface area contributed by atoms with Gasteiger partial charge in [-0.05, 0) is 62.5 Å². The Morgan fingerprint density at radius 1 is 0.919 bits per heavy atom. The van der Waals surface area contributed by atoms with Crippen LogP contribution in [0.1, 0.15) is 38.3 Å². The molecule has 3 amide bonds. The smallest absolute Gasteiger partial charge is 0.276 e. The lowest BCUT2D eigenvalue weighted by atomic mass is 10.2. The standard InChI is InChI=1S/C26H30FN7O3/c1-17(34-13-11-33(2)12-14-34)15-28-25(36)22-23(30-16-29-22)26(37)32-21-9-7-20(8-10-21)31-24(35)18-3-5-19(27)6-4-18/h3-10,16-17H,11-15H2,1-2H3,(H,28,36)(H,29,30)(H,31,35)(H,32,37). The summed E-state index contributed by atoms with van der Waals surface area (Å²) >= 11 is 0.